The van der Waals surface area contributed by atoms with Gasteiger partial charge in [0.1, 0.15) is 5.69 Å². The molecule has 4 nitrogen and oxygen atoms in total. The first-order valence-corrected chi connectivity index (χ1v) is 7.67. The Morgan fingerprint density at radius 3 is 2.52 bits per heavy atom. The van der Waals surface area contributed by atoms with E-state index in [1.165, 1.54) is 5.56 Å². The summed E-state index contributed by atoms with van der Waals surface area (Å²) in [7, 11) is 4.00. The number of rotatable bonds is 4. The number of amides is 1. The Morgan fingerprint density at radius 2 is 1.83 bits per heavy atom. The van der Waals surface area contributed by atoms with Gasteiger partial charge >= 0.3 is 0 Å². The van der Waals surface area contributed by atoms with Crippen molar-refractivity contribution < 1.29 is 4.79 Å². The molecule has 0 aliphatic heterocycles. The number of hydrogen-bond donors (Lipinski definition) is 2. The standard InChI is InChI=1S/C19H21N3O/c1-13-4-6-14(7-5-13)12-20-19(23)18-10-15-8-9-16(22(2)3)11-17(15)21-18/h4-11,21H,12H2,1-3H3,(H,20,23). The van der Waals surface area contributed by atoms with E-state index < -0.39 is 0 Å². The highest BCUT2D eigenvalue weighted by atomic mass is 16.1. The molecule has 2 aromatic carbocycles. The van der Waals surface area contributed by atoms with Crippen LogP contribution in [0, 0.1) is 6.92 Å². The van der Waals surface area contributed by atoms with E-state index in [4.69, 9.17) is 0 Å². The molecule has 0 spiro atoms. The van der Waals surface area contributed by atoms with Crippen LogP contribution in [0.2, 0.25) is 0 Å². The van der Waals surface area contributed by atoms with Gasteiger partial charge in [0, 0.05) is 37.2 Å². The van der Waals surface area contributed by atoms with Crippen LogP contribution in [-0.4, -0.2) is 25.0 Å². The molecule has 0 atom stereocenters. The van der Waals surface area contributed by atoms with Crippen molar-refractivity contribution >= 4 is 22.5 Å². The smallest absolute Gasteiger partial charge is 0.267 e. The Morgan fingerprint density at radius 1 is 1.09 bits per heavy atom. The maximum Gasteiger partial charge on any atom is 0.267 e. The van der Waals surface area contributed by atoms with E-state index in [0.717, 1.165) is 22.2 Å². The second-order valence-electron chi connectivity index (χ2n) is 6.02. The van der Waals surface area contributed by atoms with Gasteiger partial charge in [-0.25, -0.2) is 0 Å². The number of carbonyl (C=O) groups excluding carboxylic acids is 1. The van der Waals surface area contributed by atoms with Gasteiger partial charge in [0.2, 0.25) is 0 Å². The maximum atomic E-state index is 12.3. The van der Waals surface area contributed by atoms with Crippen LogP contribution >= 0.6 is 0 Å². The number of H-pyrrole nitrogens is 1. The molecule has 23 heavy (non-hydrogen) atoms. The summed E-state index contributed by atoms with van der Waals surface area (Å²) < 4.78 is 0. The Bertz CT molecular complexity index is 831. The number of aromatic nitrogens is 1. The summed E-state index contributed by atoms with van der Waals surface area (Å²) in [5, 5.41) is 3.99. The van der Waals surface area contributed by atoms with E-state index in [1.807, 2.05) is 67.5 Å². The normalized spacial score (nSPS) is 10.7. The molecule has 0 aliphatic carbocycles. The van der Waals surface area contributed by atoms with Crippen molar-refractivity contribution in [3.63, 3.8) is 0 Å². The third kappa shape index (κ3) is 3.37. The lowest BCUT2D eigenvalue weighted by Crippen LogP contribution is -2.23. The second kappa shape index (κ2) is 6.16. The zero-order valence-electron chi connectivity index (χ0n) is 13.7. The van der Waals surface area contributed by atoms with Crippen LogP contribution in [0.3, 0.4) is 0 Å². The van der Waals surface area contributed by atoms with E-state index in [-0.39, 0.29) is 5.91 Å². The van der Waals surface area contributed by atoms with Crippen molar-refractivity contribution in [2.45, 2.75) is 13.5 Å². The fourth-order valence-electron chi connectivity index (χ4n) is 2.50. The van der Waals surface area contributed by atoms with Crippen molar-refractivity contribution in [1.82, 2.24) is 10.3 Å². The zero-order chi connectivity index (χ0) is 16.4. The van der Waals surface area contributed by atoms with Gasteiger partial charge in [-0.15, -0.1) is 0 Å². The number of aryl methyl sites for hydroxylation is 1. The van der Waals surface area contributed by atoms with Crippen molar-refractivity contribution in [2.75, 3.05) is 19.0 Å². The Balaban J connectivity index is 1.74. The van der Waals surface area contributed by atoms with Crippen LogP contribution in [0.1, 0.15) is 21.6 Å². The van der Waals surface area contributed by atoms with Crippen LogP contribution in [0.4, 0.5) is 5.69 Å². The van der Waals surface area contributed by atoms with Gasteiger partial charge < -0.3 is 15.2 Å². The summed E-state index contributed by atoms with van der Waals surface area (Å²) >= 11 is 0. The summed E-state index contributed by atoms with van der Waals surface area (Å²) in [4.78, 5) is 17.6. The molecule has 1 aromatic heterocycles. The lowest BCUT2D eigenvalue weighted by Gasteiger charge is -2.11. The van der Waals surface area contributed by atoms with Gasteiger partial charge in [-0.1, -0.05) is 35.9 Å². The fourth-order valence-corrected chi connectivity index (χ4v) is 2.50. The minimum Gasteiger partial charge on any atom is -0.378 e. The van der Waals surface area contributed by atoms with Crippen molar-refractivity contribution in [3.8, 4) is 0 Å². The number of nitrogens with one attached hydrogen (secondary N) is 2. The summed E-state index contributed by atoms with van der Waals surface area (Å²) in [6, 6.07) is 16.2. The van der Waals surface area contributed by atoms with Crippen LogP contribution in [-0.2, 0) is 6.54 Å². The van der Waals surface area contributed by atoms with Gasteiger partial charge in [0.05, 0.1) is 0 Å². The van der Waals surface area contributed by atoms with Crippen molar-refractivity contribution in [2.24, 2.45) is 0 Å². The quantitative estimate of drug-likeness (QED) is 0.775. The topological polar surface area (TPSA) is 48.1 Å². The van der Waals surface area contributed by atoms with Crippen LogP contribution < -0.4 is 10.2 Å². The lowest BCUT2D eigenvalue weighted by molar-refractivity contribution is 0.0947. The highest BCUT2D eigenvalue weighted by Gasteiger charge is 2.10. The van der Waals surface area contributed by atoms with E-state index in [2.05, 4.69) is 17.2 Å². The van der Waals surface area contributed by atoms with E-state index in [0.29, 0.717) is 12.2 Å². The summed E-state index contributed by atoms with van der Waals surface area (Å²) in [6.07, 6.45) is 0. The van der Waals surface area contributed by atoms with Gasteiger partial charge in [0.25, 0.3) is 5.91 Å². The number of anilines is 1. The summed E-state index contributed by atoms with van der Waals surface area (Å²) in [5.41, 5.74) is 4.97. The molecule has 3 rings (SSSR count). The molecule has 4 heteroatoms. The molecular formula is C19H21N3O. The van der Waals surface area contributed by atoms with Gasteiger partial charge in [0.15, 0.2) is 0 Å². The molecule has 1 amide bonds. The molecule has 0 fully saturated rings. The monoisotopic (exact) mass is 307 g/mol. The molecule has 0 bridgehead atoms. The van der Waals surface area contributed by atoms with Crippen LogP contribution in [0.25, 0.3) is 10.9 Å². The number of carbonyl (C=O) groups is 1. The average Bonchev–Trinajstić information content (AvgIpc) is 2.97. The highest BCUT2D eigenvalue weighted by molar-refractivity contribution is 5.98. The lowest BCUT2D eigenvalue weighted by atomic mass is 10.1. The molecule has 2 N–H and O–H groups in total. The first-order chi connectivity index (χ1) is 11.0. The van der Waals surface area contributed by atoms with Crippen LogP contribution in [0.5, 0.6) is 0 Å². The third-order valence-corrected chi connectivity index (χ3v) is 3.94. The molecule has 1 heterocycles. The molecule has 0 radical (unpaired) electrons. The molecular weight excluding hydrogens is 286 g/mol. The van der Waals surface area contributed by atoms with Crippen molar-refractivity contribution in [1.29, 1.82) is 0 Å². The predicted molar refractivity (Wildman–Crippen MR) is 95.0 cm³/mol. The number of fused-ring (bicyclic) bond motifs is 1. The summed E-state index contributed by atoms with van der Waals surface area (Å²) in [5.74, 6) is -0.0896. The summed E-state index contributed by atoms with van der Waals surface area (Å²) in [6.45, 7) is 2.58. The predicted octanol–water partition coefficient (Wildman–Crippen LogP) is 3.47. The van der Waals surface area contributed by atoms with Crippen LogP contribution in [0.15, 0.2) is 48.5 Å². The van der Waals surface area contributed by atoms with Gasteiger partial charge in [-0.05, 0) is 30.7 Å². The maximum absolute atomic E-state index is 12.3. The number of nitrogens with zero attached hydrogens (tertiary/aromatic N) is 1. The molecule has 0 saturated carbocycles. The Labute approximate surface area is 136 Å². The molecule has 118 valence electrons. The SMILES string of the molecule is Cc1ccc(CNC(=O)c2cc3ccc(N(C)C)cc3[nH]2)cc1. The van der Waals surface area contributed by atoms with E-state index in [1.54, 1.807) is 0 Å². The van der Waals surface area contributed by atoms with E-state index in [9.17, 15) is 4.79 Å². The minimum atomic E-state index is -0.0896. The second-order valence-corrected chi connectivity index (χ2v) is 6.02. The third-order valence-electron chi connectivity index (χ3n) is 3.94. The average molecular weight is 307 g/mol. The Kier molecular flexibility index (Phi) is 4.06. The fraction of sp³-hybridized carbons (Fsp3) is 0.211. The first kappa shape index (κ1) is 15.2. The molecule has 0 unspecified atom stereocenters. The number of hydrogen-bond acceptors (Lipinski definition) is 2. The molecule has 0 saturated heterocycles. The number of aromatic amines is 1. The first-order valence-electron chi connectivity index (χ1n) is 7.67. The van der Waals surface area contributed by atoms with Crippen molar-refractivity contribution in [3.05, 3.63) is 65.4 Å². The number of benzene rings is 2. The van der Waals surface area contributed by atoms with Gasteiger partial charge in [-0.3, -0.25) is 4.79 Å². The molecule has 0 aliphatic rings. The Hall–Kier alpha value is -2.75. The highest BCUT2D eigenvalue weighted by Crippen LogP contribution is 2.21. The zero-order valence-corrected chi connectivity index (χ0v) is 13.7. The van der Waals surface area contributed by atoms with E-state index >= 15 is 0 Å². The molecule has 3 aromatic rings. The minimum absolute atomic E-state index is 0.0896. The largest absolute Gasteiger partial charge is 0.378 e. The van der Waals surface area contributed by atoms with Gasteiger partial charge in [-0.2, -0.15) is 0 Å².